The molecule has 0 spiro atoms. The van der Waals surface area contributed by atoms with Gasteiger partial charge in [0, 0.05) is 12.4 Å². The first-order chi connectivity index (χ1) is 10.9. The van der Waals surface area contributed by atoms with E-state index >= 15 is 0 Å². The molecule has 3 aromatic rings. The zero-order valence-electron chi connectivity index (χ0n) is 12.0. The van der Waals surface area contributed by atoms with Crippen LogP contribution in [0.4, 0.5) is 0 Å². The van der Waals surface area contributed by atoms with Gasteiger partial charge in [-0.25, -0.2) is 9.97 Å². The van der Waals surface area contributed by atoms with Crippen molar-refractivity contribution < 1.29 is 0 Å². The average Bonchev–Trinajstić information content (AvgIpc) is 3.21. The maximum atomic E-state index is 4.51. The van der Waals surface area contributed by atoms with Gasteiger partial charge in [0.05, 0.1) is 32.4 Å². The Morgan fingerprint density at radius 2 is 1.05 bits per heavy atom. The summed E-state index contributed by atoms with van der Waals surface area (Å²) in [7, 11) is 0. The lowest BCUT2D eigenvalue weighted by atomic mass is 10.3. The van der Waals surface area contributed by atoms with Crippen molar-refractivity contribution >= 4 is 35.3 Å². The summed E-state index contributed by atoms with van der Waals surface area (Å²) in [5.41, 5.74) is 1.96. The van der Waals surface area contributed by atoms with E-state index in [0.717, 1.165) is 45.3 Å². The summed E-state index contributed by atoms with van der Waals surface area (Å²) in [6.07, 6.45) is 13.7. The second kappa shape index (κ2) is 5.48. The van der Waals surface area contributed by atoms with Gasteiger partial charge in [-0.1, -0.05) is 36.4 Å². The fourth-order valence-electron chi connectivity index (χ4n) is 2.57. The Hall–Kier alpha value is -2.88. The van der Waals surface area contributed by atoms with Crippen LogP contribution in [0.5, 0.6) is 0 Å². The Morgan fingerprint density at radius 1 is 0.591 bits per heavy atom. The SMILES string of the molecule is C1=c2nc3ccccc3nc2=CC1.C1=c2nccnc2=CC1. The van der Waals surface area contributed by atoms with Crippen molar-refractivity contribution in [1.82, 2.24) is 19.9 Å². The number of rotatable bonds is 0. The van der Waals surface area contributed by atoms with Crippen LogP contribution in [-0.2, 0) is 0 Å². The normalized spacial score (nSPS) is 13.6. The molecule has 106 valence electrons. The summed E-state index contributed by atoms with van der Waals surface area (Å²) in [6, 6.07) is 7.97. The quantitative estimate of drug-likeness (QED) is 0.585. The van der Waals surface area contributed by atoms with Crippen LogP contribution in [0.2, 0.25) is 0 Å². The number of nitrogens with zero attached hydrogens (tertiary/aromatic N) is 4. The molecular formula is C18H14N4. The Morgan fingerprint density at radius 3 is 1.55 bits per heavy atom. The molecule has 0 amide bonds. The molecule has 2 heterocycles. The molecule has 0 N–H and O–H groups in total. The van der Waals surface area contributed by atoms with Crippen molar-refractivity contribution in [2.75, 3.05) is 0 Å². The molecule has 2 aromatic heterocycles. The van der Waals surface area contributed by atoms with E-state index in [0.29, 0.717) is 0 Å². The highest BCUT2D eigenvalue weighted by molar-refractivity contribution is 5.73. The molecule has 4 heteroatoms. The van der Waals surface area contributed by atoms with Crippen molar-refractivity contribution in [3.63, 3.8) is 0 Å². The molecule has 0 saturated carbocycles. The predicted octanol–water partition coefficient (Wildman–Crippen LogP) is 0.0358. The van der Waals surface area contributed by atoms with Gasteiger partial charge in [-0.05, 0) is 25.0 Å². The number of aromatic nitrogens is 4. The van der Waals surface area contributed by atoms with Crippen LogP contribution < -0.4 is 21.4 Å². The average molecular weight is 286 g/mol. The molecule has 0 aliphatic heterocycles. The number of hydrogen-bond acceptors (Lipinski definition) is 4. The molecule has 5 rings (SSSR count). The minimum Gasteiger partial charge on any atom is -0.253 e. The van der Waals surface area contributed by atoms with Gasteiger partial charge in [0.25, 0.3) is 0 Å². The Bertz CT molecular complexity index is 999. The molecule has 0 atom stereocenters. The summed E-state index contributed by atoms with van der Waals surface area (Å²) >= 11 is 0. The molecule has 0 unspecified atom stereocenters. The molecule has 22 heavy (non-hydrogen) atoms. The second-order valence-electron chi connectivity index (χ2n) is 5.10. The highest BCUT2D eigenvalue weighted by Crippen LogP contribution is 2.03. The van der Waals surface area contributed by atoms with Gasteiger partial charge >= 0.3 is 0 Å². The molecule has 0 radical (unpaired) electrons. The first kappa shape index (κ1) is 12.8. The lowest BCUT2D eigenvalue weighted by molar-refractivity contribution is 1.11. The van der Waals surface area contributed by atoms with E-state index < -0.39 is 0 Å². The topological polar surface area (TPSA) is 51.6 Å². The number of fused-ring (bicyclic) bond motifs is 3. The van der Waals surface area contributed by atoms with Crippen LogP contribution in [-0.4, -0.2) is 19.9 Å². The Kier molecular flexibility index (Phi) is 3.20. The first-order valence-corrected chi connectivity index (χ1v) is 7.31. The smallest absolute Gasteiger partial charge is 0.0894 e. The minimum atomic E-state index is 0.964. The standard InChI is InChI=1S/C11H8N2.C7H6N2/c1-2-5-9-8(4-1)12-10-6-3-7-11(10)13-9;1-2-6-7(3-1)9-5-4-8-6/h1-2,4-7H,3H2;2-5H,1H2. The van der Waals surface area contributed by atoms with Crippen molar-refractivity contribution in [1.29, 1.82) is 0 Å². The minimum absolute atomic E-state index is 0.964. The van der Waals surface area contributed by atoms with E-state index in [9.17, 15) is 0 Å². The summed E-state index contributed by atoms with van der Waals surface area (Å²) in [6.45, 7) is 0. The maximum absolute atomic E-state index is 4.51. The third kappa shape index (κ3) is 2.39. The summed E-state index contributed by atoms with van der Waals surface area (Å²) in [5.74, 6) is 0. The van der Waals surface area contributed by atoms with Crippen molar-refractivity contribution in [3.8, 4) is 0 Å². The van der Waals surface area contributed by atoms with Gasteiger partial charge < -0.3 is 0 Å². The summed E-state index contributed by atoms with van der Waals surface area (Å²) in [4.78, 5) is 17.2. The van der Waals surface area contributed by atoms with E-state index in [1.165, 1.54) is 0 Å². The van der Waals surface area contributed by atoms with E-state index in [4.69, 9.17) is 0 Å². The Balaban J connectivity index is 0.000000122. The zero-order valence-corrected chi connectivity index (χ0v) is 12.0. The monoisotopic (exact) mass is 286 g/mol. The lowest BCUT2D eigenvalue weighted by Gasteiger charge is -1.93. The van der Waals surface area contributed by atoms with Gasteiger partial charge in [-0.15, -0.1) is 0 Å². The van der Waals surface area contributed by atoms with Gasteiger partial charge in [-0.2, -0.15) is 0 Å². The number of hydrogen-bond donors (Lipinski definition) is 0. The van der Waals surface area contributed by atoms with Crippen LogP contribution in [0.25, 0.3) is 35.3 Å². The van der Waals surface area contributed by atoms with Gasteiger partial charge in [0.1, 0.15) is 0 Å². The Labute approximate surface area is 126 Å². The van der Waals surface area contributed by atoms with E-state index in [2.05, 4.69) is 44.2 Å². The zero-order chi connectivity index (χ0) is 14.8. The fourth-order valence-corrected chi connectivity index (χ4v) is 2.57. The fraction of sp³-hybridized carbons (Fsp3) is 0.111. The third-order valence-corrected chi connectivity index (χ3v) is 3.63. The largest absolute Gasteiger partial charge is 0.253 e. The van der Waals surface area contributed by atoms with Crippen molar-refractivity contribution in [2.45, 2.75) is 12.8 Å². The van der Waals surface area contributed by atoms with Crippen molar-refractivity contribution in [3.05, 3.63) is 58.1 Å². The molecule has 0 fully saturated rings. The molecular weight excluding hydrogens is 272 g/mol. The van der Waals surface area contributed by atoms with E-state index in [-0.39, 0.29) is 0 Å². The lowest BCUT2D eigenvalue weighted by Crippen LogP contribution is -2.28. The summed E-state index contributed by atoms with van der Waals surface area (Å²) in [5, 5.41) is 4.10. The molecule has 2 aliphatic carbocycles. The van der Waals surface area contributed by atoms with E-state index in [1.54, 1.807) is 12.4 Å². The van der Waals surface area contributed by atoms with Crippen LogP contribution in [0.15, 0.2) is 36.7 Å². The second-order valence-corrected chi connectivity index (χ2v) is 5.10. The molecule has 4 nitrogen and oxygen atoms in total. The van der Waals surface area contributed by atoms with Gasteiger partial charge in [0.2, 0.25) is 0 Å². The predicted molar refractivity (Wildman–Crippen MR) is 87.2 cm³/mol. The van der Waals surface area contributed by atoms with Crippen molar-refractivity contribution in [2.24, 2.45) is 0 Å². The maximum Gasteiger partial charge on any atom is 0.0894 e. The molecule has 1 aromatic carbocycles. The van der Waals surface area contributed by atoms with Gasteiger partial charge in [-0.3, -0.25) is 9.97 Å². The van der Waals surface area contributed by atoms with E-state index in [1.807, 2.05) is 24.3 Å². The third-order valence-electron chi connectivity index (χ3n) is 3.63. The van der Waals surface area contributed by atoms with Crippen LogP contribution in [0.3, 0.4) is 0 Å². The molecule has 0 bridgehead atoms. The summed E-state index contributed by atoms with van der Waals surface area (Å²) < 4.78 is 0. The van der Waals surface area contributed by atoms with Crippen LogP contribution >= 0.6 is 0 Å². The highest BCUT2D eigenvalue weighted by atomic mass is 14.8. The molecule has 0 saturated heterocycles. The van der Waals surface area contributed by atoms with Crippen LogP contribution in [0.1, 0.15) is 12.8 Å². The van der Waals surface area contributed by atoms with Gasteiger partial charge in [0.15, 0.2) is 0 Å². The number of benzene rings is 1. The first-order valence-electron chi connectivity index (χ1n) is 7.31. The highest BCUT2D eigenvalue weighted by Gasteiger charge is 1.99. The molecule has 2 aliphatic rings. The number of para-hydroxylation sites is 2. The van der Waals surface area contributed by atoms with Crippen LogP contribution in [0, 0.1) is 0 Å².